The molecule has 146 valence electrons. The van der Waals surface area contributed by atoms with Crippen LogP contribution in [0.3, 0.4) is 0 Å². The van der Waals surface area contributed by atoms with Crippen LogP contribution in [0.2, 0.25) is 0 Å². The van der Waals surface area contributed by atoms with Gasteiger partial charge in [-0.25, -0.2) is 0 Å². The van der Waals surface area contributed by atoms with Crippen LogP contribution >= 0.6 is 0 Å². The lowest BCUT2D eigenvalue weighted by molar-refractivity contribution is -0.215. The third-order valence-electron chi connectivity index (χ3n) is 4.57. The maximum atomic E-state index is 11.0. The Kier molecular flexibility index (Phi) is 8.60. The summed E-state index contributed by atoms with van der Waals surface area (Å²) in [6.07, 6.45) is 1.27. The molecule has 0 fully saturated rings. The number of benzene rings is 3. The topological polar surface area (TPSA) is 35.5 Å². The van der Waals surface area contributed by atoms with Crippen LogP contribution in [0.5, 0.6) is 0 Å². The lowest BCUT2D eigenvalue weighted by Crippen LogP contribution is -2.33. The maximum Gasteiger partial charge on any atom is 0.198 e. The number of ether oxygens (including phenoxy) is 2. The molecule has 0 aromatic heterocycles. The molecule has 0 saturated heterocycles. The van der Waals surface area contributed by atoms with Crippen molar-refractivity contribution < 1.29 is 14.3 Å². The number of methoxy groups -OCH3 is 2. The molecule has 0 aliphatic heterocycles. The van der Waals surface area contributed by atoms with Crippen LogP contribution in [0.1, 0.15) is 34.8 Å². The van der Waals surface area contributed by atoms with Crippen LogP contribution in [0, 0.1) is 0 Å². The van der Waals surface area contributed by atoms with Crippen LogP contribution in [0.25, 0.3) is 0 Å². The Morgan fingerprint density at radius 2 is 1.21 bits per heavy atom. The molecule has 3 nitrogen and oxygen atoms in total. The molecular formula is C25H28O3. The minimum Gasteiger partial charge on any atom is -0.349 e. The Balaban J connectivity index is 0.000000237. The molecule has 0 heterocycles. The van der Waals surface area contributed by atoms with Gasteiger partial charge in [0.2, 0.25) is 0 Å². The fraction of sp³-hybridized carbons (Fsp3) is 0.240. The Hall–Kier alpha value is -2.75. The first-order chi connectivity index (χ1) is 13.6. The van der Waals surface area contributed by atoms with Gasteiger partial charge in [0.05, 0.1) is 0 Å². The van der Waals surface area contributed by atoms with Crippen LogP contribution in [0.4, 0.5) is 0 Å². The summed E-state index contributed by atoms with van der Waals surface area (Å²) in [7, 11) is 3.36. The van der Waals surface area contributed by atoms with E-state index in [1.807, 2.05) is 85.8 Å². The first kappa shape index (κ1) is 21.5. The summed E-state index contributed by atoms with van der Waals surface area (Å²) >= 11 is 0. The first-order valence-corrected chi connectivity index (χ1v) is 9.43. The largest absolute Gasteiger partial charge is 0.349 e. The van der Waals surface area contributed by atoms with Crippen LogP contribution in [-0.2, 0) is 21.7 Å². The summed E-state index contributed by atoms with van der Waals surface area (Å²) < 4.78 is 11.3. The normalized spacial score (nSPS) is 10.7. The van der Waals surface area contributed by atoms with Crippen molar-refractivity contribution in [1.82, 2.24) is 0 Å². The van der Waals surface area contributed by atoms with E-state index in [4.69, 9.17) is 9.47 Å². The van der Waals surface area contributed by atoms with Crippen LogP contribution < -0.4 is 0 Å². The van der Waals surface area contributed by atoms with Gasteiger partial charge in [-0.1, -0.05) is 97.9 Å². The minimum atomic E-state index is -0.720. The molecule has 3 heteroatoms. The molecule has 0 atom stereocenters. The Morgan fingerprint density at radius 1 is 0.750 bits per heavy atom. The lowest BCUT2D eigenvalue weighted by Gasteiger charge is -2.31. The number of hydrogen-bond acceptors (Lipinski definition) is 3. The van der Waals surface area contributed by atoms with Crippen molar-refractivity contribution in [2.45, 2.75) is 25.6 Å². The monoisotopic (exact) mass is 376 g/mol. The van der Waals surface area contributed by atoms with E-state index >= 15 is 0 Å². The molecule has 0 saturated carbocycles. The van der Waals surface area contributed by atoms with Crippen molar-refractivity contribution in [3.63, 3.8) is 0 Å². The molecule has 0 amide bonds. The van der Waals surface area contributed by atoms with E-state index in [2.05, 4.69) is 12.1 Å². The number of rotatable bonds is 7. The molecular weight excluding hydrogens is 348 g/mol. The zero-order chi connectivity index (χ0) is 20.2. The molecule has 0 aliphatic carbocycles. The molecule has 0 aliphatic rings. The van der Waals surface area contributed by atoms with E-state index in [-0.39, 0.29) is 5.78 Å². The molecule has 0 unspecified atom stereocenters. The quantitative estimate of drug-likeness (QED) is 0.395. The van der Waals surface area contributed by atoms with Gasteiger partial charge in [-0.05, 0) is 5.56 Å². The van der Waals surface area contributed by atoms with E-state index in [0.29, 0.717) is 12.8 Å². The summed E-state index contributed by atoms with van der Waals surface area (Å²) in [6.45, 7) is 1.87. The number of Topliss-reactive ketones (excluding diaryl/α,β-unsaturated/α-hetero) is 1. The van der Waals surface area contributed by atoms with E-state index in [1.54, 1.807) is 14.2 Å². The van der Waals surface area contributed by atoms with Gasteiger partial charge in [-0.15, -0.1) is 0 Å². The number of hydrogen-bond donors (Lipinski definition) is 0. The summed E-state index contributed by atoms with van der Waals surface area (Å²) in [6, 6.07) is 29.6. The molecule has 3 rings (SSSR count). The van der Waals surface area contributed by atoms with Gasteiger partial charge >= 0.3 is 0 Å². The van der Waals surface area contributed by atoms with Crippen molar-refractivity contribution in [1.29, 1.82) is 0 Å². The fourth-order valence-corrected chi connectivity index (χ4v) is 2.95. The number of ketones is 1. The van der Waals surface area contributed by atoms with Crippen molar-refractivity contribution >= 4 is 5.78 Å². The molecule has 0 spiro atoms. The summed E-state index contributed by atoms with van der Waals surface area (Å²) in [5.74, 6) is -0.511. The molecule has 28 heavy (non-hydrogen) atoms. The van der Waals surface area contributed by atoms with Gasteiger partial charge in [0, 0.05) is 38.2 Å². The standard InChI is InChI=1S/C16H18O2.C9H10O/c1-17-16(18-2,15-11-7-4-8-12-15)13-14-9-5-3-6-10-14;1-2-9(10)8-6-4-3-5-7-8/h3-12H,13H2,1-2H3;3-7H,2H2,1H3. The zero-order valence-corrected chi connectivity index (χ0v) is 16.8. The van der Waals surface area contributed by atoms with Crippen LogP contribution in [-0.4, -0.2) is 20.0 Å². The molecule has 3 aromatic rings. The summed E-state index contributed by atoms with van der Waals surface area (Å²) in [4.78, 5) is 11.0. The second kappa shape index (κ2) is 11.2. The molecule has 3 aromatic carbocycles. The van der Waals surface area contributed by atoms with Gasteiger partial charge < -0.3 is 9.47 Å². The third kappa shape index (κ3) is 5.88. The Labute approximate surface area is 167 Å². The fourth-order valence-electron chi connectivity index (χ4n) is 2.95. The van der Waals surface area contributed by atoms with E-state index in [9.17, 15) is 4.79 Å². The van der Waals surface area contributed by atoms with Crippen molar-refractivity contribution in [2.24, 2.45) is 0 Å². The van der Waals surface area contributed by atoms with Crippen molar-refractivity contribution in [3.8, 4) is 0 Å². The second-order valence-electron chi connectivity index (χ2n) is 6.33. The van der Waals surface area contributed by atoms with Gasteiger partial charge in [-0.2, -0.15) is 0 Å². The minimum absolute atomic E-state index is 0.209. The average molecular weight is 376 g/mol. The van der Waals surface area contributed by atoms with Gasteiger partial charge in [0.25, 0.3) is 0 Å². The molecule has 0 N–H and O–H groups in total. The number of carbonyl (C=O) groups excluding carboxylic acids is 1. The molecule has 0 bridgehead atoms. The molecule has 0 radical (unpaired) electrons. The Morgan fingerprint density at radius 3 is 1.68 bits per heavy atom. The summed E-state index contributed by atoms with van der Waals surface area (Å²) in [5, 5.41) is 0. The highest BCUT2D eigenvalue weighted by Crippen LogP contribution is 2.30. The van der Waals surface area contributed by atoms with Gasteiger partial charge in [0.1, 0.15) is 0 Å². The second-order valence-corrected chi connectivity index (χ2v) is 6.33. The highest BCUT2D eigenvalue weighted by Gasteiger charge is 2.32. The Bertz CT molecular complexity index is 810. The average Bonchev–Trinajstić information content (AvgIpc) is 2.79. The first-order valence-electron chi connectivity index (χ1n) is 9.43. The van der Waals surface area contributed by atoms with Crippen LogP contribution in [0.15, 0.2) is 91.0 Å². The van der Waals surface area contributed by atoms with Gasteiger partial charge in [0.15, 0.2) is 11.6 Å². The maximum absolute atomic E-state index is 11.0. The van der Waals surface area contributed by atoms with E-state index in [1.165, 1.54) is 5.56 Å². The smallest absolute Gasteiger partial charge is 0.198 e. The van der Waals surface area contributed by atoms with Crippen molar-refractivity contribution in [2.75, 3.05) is 14.2 Å². The van der Waals surface area contributed by atoms with E-state index in [0.717, 1.165) is 11.1 Å². The highest BCUT2D eigenvalue weighted by atomic mass is 16.7. The van der Waals surface area contributed by atoms with Crippen molar-refractivity contribution in [3.05, 3.63) is 108 Å². The zero-order valence-electron chi connectivity index (χ0n) is 16.8. The number of carbonyl (C=O) groups is 1. The summed E-state index contributed by atoms with van der Waals surface area (Å²) in [5.41, 5.74) is 3.02. The SMILES string of the molecule is CCC(=O)c1ccccc1.COC(Cc1ccccc1)(OC)c1ccccc1. The van der Waals surface area contributed by atoms with E-state index < -0.39 is 5.79 Å². The third-order valence-corrected chi connectivity index (χ3v) is 4.57. The predicted octanol–water partition coefficient (Wildman–Crippen LogP) is 5.65. The predicted molar refractivity (Wildman–Crippen MR) is 113 cm³/mol. The van der Waals surface area contributed by atoms with Gasteiger partial charge in [-0.3, -0.25) is 4.79 Å². The lowest BCUT2D eigenvalue weighted by atomic mass is 9.97. The highest BCUT2D eigenvalue weighted by molar-refractivity contribution is 5.95.